The SMILES string of the molecule is CCOC(=O)C1(c2ccc(-c3ccc(-c4onc(C)c4C(CCCc4ccccc4)O[Si](C)(C)C(C)(C)C)cc3)cc2)CC1. The van der Waals surface area contributed by atoms with Gasteiger partial charge in [-0.25, -0.2) is 0 Å². The second kappa shape index (κ2) is 12.9. The van der Waals surface area contributed by atoms with Gasteiger partial charge in [-0.15, -0.1) is 0 Å². The van der Waals surface area contributed by atoms with Crippen molar-refractivity contribution in [2.45, 2.75) is 96.4 Å². The highest BCUT2D eigenvalue weighted by atomic mass is 28.4. The summed E-state index contributed by atoms with van der Waals surface area (Å²) in [6.45, 7) is 15.8. The normalized spacial score (nSPS) is 15.2. The molecule has 1 aliphatic rings. The van der Waals surface area contributed by atoms with E-state index in [9.17, 15) is 4.79 Å². The molecule has 0 spiro atoms. The maximum absolute atomic E-state index is 12.5. The molecule has 232 valence electrons. The number of ether oxygens (including phenoxy) is 1. The van der Waals surface area contributed by atoms with Gasteiger partial charge >= 0.3 is 5.97 Å². The zero-order chi connectivity index (χ0) is 31.5. The topological polar surface area (TPSA) is 61.6 Å². The van der Waals surface area contributed by atoms with Gasteiger partial charge in [0.1, 0.15) is 0 Å². The molecule has 0 bridgehead atoms. The summed E-state index contributed by atoms with van der Waals surface area (Å²) >= 11 is 0. The summed E-state index contributed by atoms with van der Waals surface area (Å²) in [5.74, 6) is 0.684. The van der Waals surface area contributed by atoms with Crippen molar-refractivity contribution in [3.05, 3.63) is 101 Å². The van der Waals surface area contributed by atoms with E-state index in [1.54, 1.807) is 0 Å². The second-order valence-corrected chi connectivity index (χ2v) is 18.5. The van der Waals surface area contributed by atoms with Crippen LogP contribution in [0.1, 0.15) is 81.9 Å². The molecule has 44 heavy (non-hydrogen) atoms. The fraction of sp³-hybridized carbons (Fsp3) is 0.421. The van der Waals surface area contributed by atoms with E-state index in [0.717, 1.165) is 71.4 Å². The summed E-state index contributed by atoms with van der Waals surface area (Å²) in [5, 5.41) is 4.53. The Balaban J connectivity index is 1.38. The van der Waals surface area contributed by atoms with E-state index in [1.807, 2.05) is 13.8 Å². The molecule has 1 aromatic heterocycles. The standard InChI is InChI=1S/C38H47NO4Si/c1-8-41-36(40)38(25-26-38)32-23-21-30(22-24-32)29-17-19-31(20-18-29)35-34(27(2)39-42-35)33(43-44(6,7)37(3,4)5)16-12-15-28-13-10-9-11-14-28/h9-11,13-14,17-24,33H,8,12,15-16,25-26H2,1-7H3. The Labute approximate surface area is 264 Å². The van der Waals surface area contributed by atoms with Crippen LogP contribution in [0, 0.1) is 6.92 Å². The van der Waals surface area contributed by atoms with Crippen LogP contribution in [0.25, 0.3) is 22.5 Å². The third-order valence-electron chi connectivity index (χ3n) is 9.58. The number of esters is 1. The Morgan fingerprint density at radius 3 is 2.09 bits per heavy atom. The number of rotatable bonds is 12. The van der Waals surface area contributed by atoms with Crippen LogP contribution in [-0.4, -0.2) is 26.1 Å². The number of carbonyl (C=O) groups is 1. The van der Waals surface area contributed by atoms with Crippen molar-refractivity contribution >= 4 is 14.3 Å². The molecule has 0 amide bonds. The molecule has 0 radical (unpaired) electrons. The maximum atomic E-state index is 12.5. The summed E-state index contributed by atoms with van der Waals surface area (Å²) in [7, 11) is -2.08. The summed E-state index contributed by atoms with van der Waals surface area (Å²) in [5.41, 5.74) is 7.09. The zero-order valence-electron chi connectivity index (χ0n) is 27.4. The molecule has 1 saturated carbocycles. The van der Waals surface area contributed by atoms with Gasteiger partial charge in [-0.05, 0) is 86.3 Å². The van der Waals surface area contributed by atoms with Crippen LogP contribution >= 0.6 is 0 Å². The van der Waals surface area contributed by atoms with Crippen molar-refractivity contribution in [2.24, 2.45) is 0 Å². The fourth-order valence-electron chi connectivity index (χ4n) is 5.70. The van der Waals surface area contributed by atoms with Crippen molar-refractivity contribution in [1.29, 1.82) is 0 Å². The molecule has 1 unspecified atom stereocenters. The number of aryl methyl sites for hydroxylation is 2. The van der Waals surface area contributed by atoms with E-state index in [-0.39, 0.29) is 17.1 Å². The highest BCUT2D eigenvalue weighted by Gasteiger charge is 2.52. The Bertz CT molecular complexity index is 1550. The average Bonchev–Trinajstić information content (AvgIpc) is 3.73. The molecule has 1 aliphatic carbocycles. The second-order valence-electron chi connectivity index (χ2n) is 13.7. The predicted molar refractivity (Wildman–Crippen MR) is 180 cm³/mol. The van der Waals surface area contributed by atoms with Gasteiger partial charge < -0.3 is 13.7 Å². The lowest BCUT2D eigenvalue weighted by Crippen LogP contribution is -2.42. The Kier molecular flexibility index (Phi) is 9.33. The summed E-state index contributed by atoms with van der Waals surface area (Å²) < 4.78 is 18.5. The quantitative estimate of drug-likeness (QED) is 0.118. The van der Waals surface area contributed by atoms with Crippen molar-refractivity contribution in [3.63, 3.8) is 0 Å². The molecule has 0 aliphatic heterocycles. The molecule has 0 saturated heterocycles. The number of hydrogen-bond acceptors (Lipinski definition) is 5. The number of carbonyl (C=O) groups excluding carboxylic acids is 1. The lowest BCUT2D eigenvalue weighted by atomic mass is 9.93. The number of hydrogen-bond donors (Lipinski definition) is 0. The van der Waals surface area contributed by atoms with Crippen LogP contribution in [0.3, 0.4) is 0 Å². The minimum Gasteiger partial charge on any atom is -0.465 e. The van der Waals surface area contributed by atoms with E-state index in [1.165, 1.54) is 5.56 Å². The lowest BCUT2D eigenvalue weighted by molar-refractivity contribution is -0.146. The first-order valence-corrected chi connectivity index (χ1v) is 18.9. The van der Waals surface area contributed by atoms with Crippen molar-refractivity contribution < 1.29 is 18.5 Å². The molecule has 6 heteroatoms. The highest BCUT2D eigenvalue weighted by Crippen LogP contribution is 2.49. The maximum Gasteiger partial charge on any atom is 0.316 e. The molecule has 5 rings (SSSR count). The molecule has 1 fully saturated rings. The van der Waals surface area contributed by atoms with E-state index in [0.29, 0.717) is 6.61 Å². The van der Waals surface area contributed by atoms with Gasteiger partial charge in [0, 0.05) is 5.56 Å². The van der Waals surface area contributed by atoms with Crippen molar-refractivity contribution in [2.75, 3.05) is 6.61 Å². The van der Waals surface area contributed by atoms with Crippen LogP contribution in [0.2, 0.25) is 18.1 Å². The third kappa shape index (κ3) is 6.77. The Morgan fingerprint density at radius 1 is 0.932 bits per heavy atom. The molecular formula is C38H47NO4Si. The van der Waals surface area contributed by atoms with Crippen molar-refractivity contribution in [1.82, 2.24) is 5.16 Å². The van der Waals surface area contributed by atoms with Gasteiger partial charge in [0.25, 0.3) is 0 Å². The Morgan fingerprint density at radius 2 is 1.52 bits per heavy atom. The largest absolute Gasteiger partial charge is 0.465 e. The first kappa shape index (κ1) is 31.9. The minimum atomic E-state index is -2.08. The van der Waals surface area contributed by atoms with Crippen LogP contribution in [-0.2, 0) is 25.8 Å². The van der Waals surface area contributed by atoms with Gasteiger partial charge in [0.15, 0.2) is 14.1 Å². The molecule has 4 aromatic rings. The monoisotopic (exact) mass is 609 g/mol. The van der Waals surface area contributed by atoms with Gasteiger partial charge in [0.2, 0.25) is 0 Å². The molecule has 5 nitrogen and oxygen atoms in total. The molecular weight excluding hydrogens is 563 g/mol. The van der Waals surface area contributed by atoms with Crippen LogP contribution in [0.5, 0.6) is 0 Å². The van der Waals surface area contributed by atoms with E-state index in [2.05, 4.69) is 118 Å². The fourth-order valence-corrected chi connectivity index (χ4v) is 7.00. The van der Waals surface area contributed by atoms with E-state index < -0.39 is 13.7 Å². The number of nitrogens with zero attached hydrogens (tertiary/aromatic N) is 1. The summed E-state index contributed by atoms with van der Waals surface area (Å²) in [4.78, 5) is 12.5. The highest BCUT2D eigenvalue weighted by molar-refractivity contribution is 6.74. The first-order valence-electron chi connectivity index (χ1n) is 16.0. The van der Waals surface area contributed by atoms with Crippen LogP contribution < -0.4 is 0 Å². The summed E-state index contributed by atoms with van der Waals surface area (Å²) in [6.07, 6.45) is 4.53. The van der Waals surface area contributed by atoms with Gasteiger partial charge in [0.05, 0.1) is 29.4 Å². The summed E-state index contributed by atoms with van der Waals surface area (Å²) in [6, 6.07) is 27.5. The number of benzene rings is 3. The minimum absolute atomic E-state index is 0.0859. The van der Waals surface area contributed by atoms with Crippen LogP contribution in [0.15, 0.2) is 83.4 Å². The van der Waals surface area contributed by atoms with E-state index in [4.69, 9.17) is 13.7 Å². The van der Waals surface area contributed by atoms with Crippen molar-refractivity contribution in [3.8, 4) is 22.5 Å². The third-order valence-corrected chi connectivity index (χ3v) is 14.1. The molecule has 1 heterocycles. The van der Waals surface area contributed by atoms with Gasteiger partial charge in [-0.1, -0.05) is 105 Å². The molecule has 3 aromatic carbocycles. The van der Waals surface area contributed by atoms with Gasteiger partial charge in [-0.3, -0.25) is 4.79 Å². The van der Waals surface area contributed by atoms with E-state index >= 15 is 0 Å². The smallest absolute Gasteiger partial charge is 0.316 e. The zero-order valence-corrected chi connectivity index (χ0v) is 28.4. The number of aromatic nitrogens is 1. The van der Waals surface area contributed by atoms with Gasteiger partial charge in [-0.2, -0.15) is 0 Å². The molecule has 0 N–H and O–H groups in total. The molecule has 1 atom stereocenters. The Hall–Kier alpha value is -3.48. The average molecular weight is 610 g/mol. The first-order chi connectivity index (χ1) is 20.9. The predicted octanol–water partition coefficient (Wildman–Crippen LogP) is 10.00. The van der Waals surface area contributed by atoms with Crippen LogP contribution in [0.4, 0.5) is 0 Å². The lowest BCUT2D eigenvalue weighted by Gasteiger charge is -2.39.